The van der Waals surface area contributed by atoms with Crippen molar-refractivity contribution in [1.29, 1.82) is 0 Å². The van der Waals surface area contributed by atoms with E-state index >= 15 is 0 Å². The molecule has 4 rings (SSSR count). The second-order valence-electron chi connectivity index (χ2n) is 7.54. The largest absolute Gasteiger partial charge is 0.354 e. The van der Waals surface area contributed by atoms with E-state index in [0.29, 0.717) is 19.5 Å². The maximum atomic E-state index is 12.3. The van der Waals surface area contributed by atoms with Crippen molar-refractivity contribution in [1.82, 2.24) is 15.2 Å². The Hall–Kier alpha value is -2.93. The first kappa shape index (κ1) is 19.4. The summed E-state index contributed by atoms with van der Waals surface area (Å²) in [5, 5.41) is 3.00. The molecule has 152 valence electrons. The number of nitrogens with zero attached hydrogens (tertiary/aromatic N) is 4. The molecule has 1 aromatic carbocycles. The number of benzene rings is 1. The first-order valence-electron chi connectivity index (χ1n) is 10.2. The second-order valence-corrected chi connectivity index (χ2v) is 7.54. The van der Waals surface area contributed by atoms with E-state index < -0.39 is 0 Å². The number of hydrogen-bond donors (Lipinski definition) is 1. The van der Waals surface area contributed by atoms with Gasteiger partial charge in [0.1, 0.15) is 5.82 Å². The average Bonchev–Trinajstić information content (AvgIpc) is 3.20. The number of carbonyl (C=O) groups excluding carboxylic acids is 2. The molecule has 0 spiro atoms. The molecule has 0 radical (unpaired) electrons. The summed E-state index contributed by atoms with van der Waals surface area (Å²) in [5.74, 6) is 1.22. The number of aromatic nitrogens is 1. The van der Waals surface area contributed by atoms with Gasteiger partial charge >= 0.3 is 0 Å². The van der Waals surface area contributed by atoms with Crippen molar-refractivity contribution in [2.24, 2.45) is 0 Å². The van der Waals surface area contributed by atoms with Crippen molar-refractivity contribution in [3.05, 3.63) is 54.2 Å². The lowest BCUT2D eigenvalue weighted by molar-refractivity contribution is -0.122. The second kappa shape index (κ2) is 9.05. The zero-order valence-electron chi connectivity index (χ0n) is 16.6. The first-order chi connectivity index (χ1) is 14.2. The van der Waals surface area contributed by atoms with E-state index in [9.17, 15) is 9.59 Å². The monoisotopic (exact) mass is 393 g/mol. The highest BCUT2D eigenvalue weighted by Crippen LogP contribution is 2.21. The van der Waals surface area contributed by atoms with Crippen molar-refractivity contribution < 1.29 is 9.59 Å². The van der Waals surface area contributed by atoms with Crippen molar-refractivity contribution in [2.45, 2.75) is 19.4 Å². The molecule has 2 aromatic rings. The fourth-order valence-electron chi connectivity index (χ4n) is 3.85. The van der Waals surface area contributed by atoms with E-state index in [2.05, 4.69) is 20.1 Å². The van der Waals surface area contributed by atoms with Crippen LogP contribution in [0.4, 0.5) is 11.5 Å². The Labute approximate surface area is 171 Å². The van der Waals surface area contributed by atoms with Crippen LogP contribution in [0.25, 0.3) is 0 Å². The van der Waals surface area contributed by atoms with E-state index in [1.807, 2.05) is 53.6 Å². The molecule has 2 fully saturated rings. The van der Waals surface area contributed by atoms with Gasteiger partial charge in [-0.15, -0.1) is 0 Å². The van der Waals surface area contributed by atoms with E-state index in [4.69, 9.17) is 0 Å². The molecule has 7 nitrogen and oxygen atoms in total. The van der Waals surface area contributed by atoms with E-state index in [1.54, 1.807) is 0 Å². The standard InChI is InChI=1S/C22H27N5O2/c28-21(17-25-12-14-26(15-13-25)20-4-1-2-10-23-20)24-16-18-6-8-19(9-7-18)27-11-3-5-22(27)29/h1-2,4,6-10H,3,5,11-17H2,(H,24,28). The number of rotatable bonds is 6. The third kappa shape index (κ3) is 4.92. The van der Waals surface area contributed by atoms with E-state index in [1.165, 1.54) is 0 Å². The summed E-state index contributed by atoms with van der Waals surface area (Å²) < 4.78 is 0. The van der Waals surface area contributed by atoms with Gasteiger partial charge < -0.3 is 15.1 Å². The predicted molar refractivity (Wildman–Crippen MR) is 113 cm³/mol. The zero-order valence-corrected chi connectivity index (χ0v) is 16.6. The van der Waals surface area contributed by atoms with Crippen LogP contribution in [-0.2, 0) is 16.1 Å². The van der Waals surface area contributed by atoms with Gasteiger partial charge in [0.2, 0.25) is 11.8 Å². The van der Waals surface area contributed by atoms with Gasteiger partial charge in [-0.1, -0.05) is 18.2 Å². The highest BCUT2D eigenvalue weighted by molar-refractivity contribution is 5.95. The van der Waals surface area contributed by atoms with Crippen LogP contribution in [0.5, 0.6) is 0 Å². The lowest BCUT2D eigenvalue weighted by Gasteiger charge is -2.34. The van der Waals surface area contributed by atoms with Crippen LogP contribution in [0.3, 0.4) is 0 Å². The summed E-state index contributed by atoms with van der Waals surface area (Å²) in [6, 6.07) is 13.8. The van der Waals surface area contributed by atoms with Gasteiger partial charge in [-0.05, 0) is 36.2 Å². The normalized spacial score (nSPS) is 17.6. The number of nitrogens with one attached hydrogen (secondary N) is 1. The summed E-state index contributed by atoms with van der Waals surface area (Å²) in [6.07, 6.45) is 3.37. The minimum Gasteiger partial charge on any atom is -0.354 e. The minimum absolute atomic E-state index is 0.0371. The maximum absolute atomic E-state index is 12.3. The van der Waals surface area contributed by atoms with Gasteiger partial charge in [-0.25, -0.2) is 4.98 Å². The number of anilines is 2. The van der Waals surface area contributed by atoms with Crippen LogP contribution < -0.4 is 15.1 Å². The molecule has 1 aromatic heterocycles. The Morgan fingerprint density at radius 2 is 1.79 bits per heavy atom. The zero-order chi connectivity index (χ0) is 20.1. The molecular weight excluding hydrogens is 366 g/mol. The number of piperazine rings is 1. The summed E-state index contributed by atoms with van der Waals surface area (Å²) in [7, 11) is 0. The first-order valence-corrected chi connectivity index (χ1v) is 10.2. The predicted octanol–water partition coefficient (Wildman–Crippen LogP) is 1.65. The molecule has 2 aliphatic heterocycles. The van der Waals surface area contributed by atoms with Crippen LogP contribution in [-0.4, -0.2) is 61.0 Å². The van der Waals surface area contributed by atoms with Crippen LogP contribution in [0.15, 0.2) is 48.7 Å². The number of hydrogen-bond acceptors (Lipinski definition) is 5. The van der Waals surface area contributed by atoms with E-state index in [0.717, 1.165) is 56.2 Å². The summed E-state index contributed by atoms with van der Waals surface area (Å²) in [6.45, 7) is 5.16. The summed E-state index contributed by atoms with van der Waals surface area (Å²) >= 11 is 0. The number of carbonyl (C=O) groups is 2. The van der Waals surface area contributed by atoms with E-state index in [-0.39, 0.29) is 11.8 Å². The maximum Gasteiger partial charge on any atom is 0.234 e. The minimum atomic E-state index is 0.0371. The quantitative estimate of drug-likeness (QED) is 0.808. The molecule has 29 heavy (non-hydrogen) atoms. The van der Waals surface area contributed by atoms with Gasteiger partial charge in [0, 0.05) is 57.6 Å². The van der Waals surface area contributed by atoms with Crippen molar-refractivity contribution in [3.8, 4) is 0 Å². The SMILES string of the molecule is O=C(CN1CCN(c2ccccn2)CC1)NCc1ccc(N2CCCC2=O)cc1. The topological polar surface area (TPSA) is 68.8 Å². The Morgan fingerprint density at radius 3 is 2.45 bits per heavy atom. The van der Waals surface area contributed by atoms with Gasteiger partial charge in [0.05, 0.1) is 6.54 Å². The van der Waals surface area contributed by atoms with Crippen LogP contribution >= 0.6 is 0 Å². The fourth-order valence-corrected chi connectivity index (χ4v) is 3.85. The molecule has 2 saturated heterocycles. The van der Waals surface area contributed by atoms with Gasteiger partial charge in [0.15, 0.2) is 0 Å². The number of amides is 2. The molecule has 0 atom stereocenters. The molecular formula is C22H27N5O2. The lowest BCUT2D eigenvalue weighted by Crippen LogP contribution is -2.49. The van der Waals surface area contributed by atoms with Crippen molar-refractivity contribution in [3.63, 3.8) is 0 Å². The Kier molecular flexibility index (Phi) is 6.05. The molecule has 2 aliphatic rings. The summed E-state index contributed by atoms with van der Waals surface area (Å²) in [5.41, 5.74) is 1.97. The van der Waals surface area contributed by atoms with Crippen LogP contribution in [0.2, 0.25) is 0 Å². The molecule has 3 heterocycles. The highest BCUT2D eigenvalue weighted by Gasteiger charge is 2.22. The average molecular weight is 393 g/mol. The molecule has 0 aliphatic carbocycles. The molecule has 0 saturated carbocycles. The molecule has 1 N–H and O–H groups in total. The van der Waals surface area contributed by atoms with Gasteiger partial charge in [0.25, 0.3) is 0 Å². The Balaban J connectivity index is 1.20. The van der Waals surface area contributed by atoms with Crippen LogP contribution in [0, 0.1) is 0 Å². The molecule has 7 heteroatoms. The molecule has 0 bridgehead atoms. The Morgan fingerprint density at radius 1 is 1.00 bits per heavy atom. The van der Waals surface area contributed by atoms with Crippen molar-refractivity contribution in [2.75, 3.05) is 49.1 Å². The molecule has 2 amide bonds. The molecule has 0 unspecified atom stereocenters. The highest BCUT2D eigenvalue weighted by atomic mass is 16.2. The third-order valence-electron chi connectivity index (χ3n) is 5.52. The van der Waals surface area contributed by atoms with Gasteiger partial charge in [-0.3, -0.25) is 14.5 Å². The fraction of sp³-hybridized carbons (Fsp3) is 0.409. The third-order valence-corrected chi connectivity index (χ3v) is 5.52. The smallest absolute Gasteiger partial charge is 0.234 e. The van der Waals surface area contributed by atoms with Crippen molar-refractivity contribution >= 4 is 23.3 Å². The lowest BCUT2D eigenvalue weighted by atomic mass is 10.2. The number of pyridine rings is 1. The van der Waals surface area contributed by atoms with Gasteiger partial charge in [-0.2, -0.15) is 0 Å². The Bertz CT molecular complexity index is 832. The van der Waals surface area contributed by atoms with Crippen LogP contribution in [0.1, 0.15) is 18.4 Å². The summed E-state index contributed by atoms with van der Waals surface area (Å²) in [4.78, 5) is 34.8.